The Morgan fingerprint density at radius 1 is 0.935 bits per heavy atom. The molecule has 0 saturated heterocycles. The number of carbonyl (C=O) groups is 2. The summed E-state index contributed by atoms with van der Waals surface area (Å²) < 4.78 is 5.27. The maximum atomic E-state index is 13.3. The second kappa shape index (κ2) is 8.88. The zero-order valence-corrected chi connectivity index (χ0v) is 17.5. The maximum Gasteiger partial charge on any atom is 0.295 e. The van der Waals surface area contributed by atoms with Gasteiger partial charge in [-0.15, -0.1) is 0 Å². The third-order valence-electron chi connectivity index (χ3n) is 5.59. The first-order chi connectivity index (χ1) is 15.1. The number of benzene rings is 3. The topological polar surface area (TPSA) is 62.4 Å². The van der Waals surface area contributed by atoms with Crippen LogP contribution >= 0.6 is 0 Å². The highest BCUT2D eigenvalue weighted by atomic mass is 16.5. The Labute approximate surface area is 181 Å². The molecule has 156 valence electrons. The lowest BCUT2D eigenvalue weighted by atomic mass is 9.96. The van der Waals surface area contributed by atoms with Crippen molar-refractivity contribution in [3.8, 4) is 5.75 Å². The van der Waals surface area contributed by atoms with Crippen molar-refractivity contribution in [1.29, 1.82) is 0 Å². The predicted octanol–water partition coefficient (Wildman–Crippen LogP) is 4.80. The molecule has 0 unspecified atom stereocenters. The summed E-state index contributed by atoms with van der Waals surface area (Å²) in [5.74, 6) is -0.320. The molecule has 0 aliphatic heterocycles. The fourth-order valence-corrected chi connectivity index (χ4v) is 3.82. The number of methoxy groups -OCH3 is 1. The van der Waals surface area contributed by atoms with Crippen LogP contribution in [0, 0.1) is 0 Å². The normalized spacial score (nSPS) is 11.8. The Morgan fingerprint density at radius 3 is 2.32 bits per heavy atom. The van der Waals surface area contributed by atoms with Crippen LogP contribution in [-0.2, 0) is 11.2 Å². The number of ether oxygens (including phenoxy) is 1. The molecular weight excluding hydrogens is 388 g/mol. The Balaban J connectivity index is 1.65. The van der Waals surface area contributed by atoms with Gasteiger partial charge in [0.2, 0.25) is 0 Å². The van der Waals surface area contributed by atoms with E-state index < -0.39 is 11.7 Å². The Kier molecular flexibility index (Phi) is 5.85. The van der Waals surface area contributed by atoms with Crippen LogP contribution in [0.5, 0.6) is 5.75 Å². The van der Waals surface area contributed by atoms with Crippen LogP contribution in [0.25, 0.3) is 10.9 Å². The van der Waals surface area contributed by atoms with E-state index in [1.807, 2.05) is 78.9 Å². The summed E-state index contributed by atoms with van der Waals surface area (Å²) in [6.07, 6.45) is 2.20. The maximum absolute atomic E-state index is 13.3. The molecule has 0 spiro atoms. The van der Waals surface area contributed by atoms with Crippen LogP contribution in [-0.4, -0.2) is 35.7 Å². The van der Waals surface area contributed by atoms with Gasteiger partial charge in [0.15, 0.2) is 0 Å². The lowest BCUT2D eigenvalue weighted by molar-refractivity contribution is -0.127. The summed E-state index contributed by atoms with van der Waals surface area (Å²) in [7, 11) is 3.30. The molecule has 1 heterocycles. The molecule has 5 nitrogen and oxygen atoms in total. The average Bonchev–Trinajstić information content (AvgIpc) is 3.26. The van der Waals surface area contributed by atoms with E-state index in [9.17, 15) is 9.59 Å². The average molecular weight is 412 g/mol. The molecule has 5 heteroatoms. The number of hydrogen-bond acceptors (Lipinski definition) is 3. The number of fused-ring (bicyclic) bond motifs is 1. The number of H-pyrrole nitrogens is 1. The van der Waals surface area contributed by atoms with Crippen LogP contribution in [0.1, 0.15) is 27.5 Å². The van der Waals surface area contributed by atoms with Crippen molar-refractivity contribution in [2.24, 2.45) is 0 Å². The zero-order chi connectivity index (χ0) is 21.8. The van der Waals surface area contributed by atoms with Crippen LogP contribution in [0.2, 0.25) is 0 Å². The van der Waals surface area contributed by atoms with Crippen molar-refractivity contribution in [3.05, 3.63) is 102 Å². The summed E-state index contributed by atoms with van der Waals surface area (Å²) in [6.45, 7) is 0. The zero-order valence-electron chi connectivity index (χ0n) is 17.5. The van der Waals surface area contributed by atoms with E-state index >= 15 is 0 Å². The smallest absolute Gasteiger partial charge is 0.295 e. The van der Waals surface area contributed by atoms with Gasteiger partial charge in [-0.3, -0.25) is 9.59 Å². The summed E-state index contributed by atoms with van der Waals surface area (Å²) in [5, 5.41) is 0.748. The van der Waals surface area contributed by atoms with E-state index in [1.54, 1.807) is 25.3 Å². The number of nitrogens with zero attached hydrogens (tertiary/aromatic N) is 1. The van der Waals surface area contributed by atoms with Gasteiger partial charge in [-0.1, -0.05) is 60.7 Å². The van der Waals surface area contributed by atoms with E-state index in [4.69, 9.17) is 4.74 Å². The van der Waals surface area contributed by atoms with Gasteiger partial charge < -0.3 is 14.6 Å². The Bertz CT molecular complexity index is 1200. The highest BCUT2D eigenvalue weighted by Crippen LogP contribution is 2.27. The second-order valence-electron chi connectivity index (χ2n) is 7.47. The summed E-state index contributed by atoms with van der Waals surface area (Å²) in [5.41, 5.74) is 3.24. The molecule has 0 fully saturated rings. The number of para-hydroxylation sites is 1. The molecule has 3 aromatic carbocycles. The summed E-state index contributed by atoms with van der Waals surface area (Å²) in [4.78, 5) is 31.0. The first-order valence-electron chi connectivity index (χ1n) is 10.1. The van der Waals surface area contributed by atoms with Gasteiger partial charge in [-0.05, 0) is 35.7 Å². The van der Waals surface area contributed by atoms with Crippen LogP contribution in [0.4, 0.5) is 0 Å². The number of rotatable bonds is 7. The van der Waals surface area contributed by atoms with Crippen molar-refractivity contribution in [3.63, 3.8) is 0 Å². The fraction of sp³-hybridized carbons (Fsp3) is 0.154. The monoisotopic (exact) mass is 412 g/mol. The molecule has 0 radical (unpaired) electrons. The van der Waals surface area contributed by atoms with Gasteiger partial charge in [-0.2, -0.15) is 0 Å². The van der Waals surface area contributed by atoms with Crippen LogP contribution in [0.15, 0.2) is 85.1 Å². The van der Waals surface area contributed by atoms with Gasteiger partial charge in [0.1, 0.15) is 5.75 Å². The first kappa shape index (κ1) is 20.4. The lowest BCUT2D eigenvalue weighted by Crippen LogP contribution is -2.37. The van der Waals surface area contributed by atoms with Crippen molar-refractivity contribution >= 4 is 22.6 Å². The molecule has 31 heavy (non-hydrogen) atoms. The molecule has 0 aliphatic rings. The summed E-state index contributed by atoms with van der Waals surface area (Å²) >= 11 is 0. The van der Waals surface area contributed by atoms with Gasteiger partial charge in [-0.25, -0.2) is 0 Å². The molecule has 1 aromatic heterocycles. The molecule has 1 N–H and O–H groups in total. The molecule has 4 rings (SSSR count). The van der Waals surface area contributed by atoms with E-state index in [-0.39, 0.29) is 6.04 Å². The van der Waals surface area contributed by atoms with Crippen molar-refractivity contribution in [1.82, 2.24) is 9.88 Å². The number of carbonyl (C=O) groups excluding carboxylic acids is 2. The molecule has 0 saturated carbocycles. The highest BCUT2D eigenvalue weighted by molar-refractivity contribution is 6.44. The molecule has 1 amide bonds. The van der Waals surface area contributed by atoms with Crippen LogP contribution < -0.4 is 4.74 Å². The number of Topliss-reactive ketones (excluding diaryl/α,β-unsaturated/α-hetero) is 1. The SMILES string of the molecule is COc1ccc([C@H](Cc2ccccc2)N(C)C(=O)C(=O)c2c[nH]c3ccccc23)cc1. The first-order valence-corrected chi connectivity index (χ1v) is 10.1. The number of ketones is 1. The highest BCUT2D eigenvalue weighted by Gasteiger charge is 2.29. The molecule has 0 bridgehead atoms. The third kappa shape index (κ3) is 4.21. The Morgan fingerprint density at radius 2 is 1.61 bits per heavy atom. The van der Waals surface area contributed by atoms with Gasteiger partial charge in [0, 0.05) is 24.1 Å². The Hall–Kier alpha value is -3.86. The molecule has 4 aromatic rings. The van der Waals surface area contributed by atoms with E-state index in [2.05, 4.69) is 4.98 Å². The minimum absolute atomic E-state index is 0.296. The number of likely N-dealkylation sites (N-methyl/N-ethyl adjacent to an activating group) is 1. The number of aromatic nitrogens is 1. The minimum Gasteiger partial charge on any atom is -0.497 e. The minimum atomic E-state index is -0.540. The lowest BCUT2D eigenvalue weighted by Gasteiger charge is -2.28. The largest absolute Gasteiger partial charge is 0.497 e. The molecule has 0 aliphatic carbocycles. The number of amides is 1. The standard InChI is InChI=1S/C26H24N2O3/c1-28(26(30)25(29)22-17-27-23-11-7-6-10-21(22)23)24(16-18-8-4-3-5-9-18)19-12-14-20(31-2)15-13-19/h3-15,17,24,27H,16H2,1-2H3/t24-/m0/s1. The predicted molar refractivity (Wildman–Crippen MR) is 121 cm³/mol. The van der Waals surface area contributed by atoms with Crippen molar-refractivity contribution in [2.75, 3.05) is 14.2 Å². The van der Waals surface area contributed by atoms with E-state index in [1.165, 1.54) is 0 Å². The van der Waals surface area contributed by atoms with E-state index in [0.717, 1.165) is 27.8 Å². The van der Waals surface area contributed by atoms with Crippen molar-refractivity contribution < 1.29 is 14.3 Å². The van der Waals surface area contributed by atoms with Gasteiger partial charge in [0.05, 0.1) is 18.7 Å². The fourth-order valence-electron chi connectivity index (χ4n) is 3.82. The van der Waals surface area contributed by atoms with E-state index in [0.29, 0.717) is 12.0 Å². The second-order valence-corrected chi connectivity index (χ2v) is 7.47. The van der Waals surface area contributed by atoms with Crippen LogP contribution in [0.3, 0.4) is 0 Å². The van der Waals surface area contributed by atoms with Crippen molar-refractivity contribution in [2.45, 2.75) is 12.5 Å². The molecular formula is C26H24N2O3. The number of nitrogens with one attached hydrogen (secondary N) is 1. The van der Waals surface area contributed by atoms with Gasteiger partial charge in [0.25, 0.3) is 11.7 Å². The van der Waals surface area contributed by atoms with Gasteiger partial charge >= 0.3 is 0 Å². The quantitative estimate of drug-likeness (QED) is 0.350. The summed E-state index contributed by atoms with van der Waals surface area (Å²) in [6, 6.07) is 24.7. The number of hydrogen-bond donors (Lipinski definition) is 1. The number of aromatic amines is 1. The molecule has 1 atom stereocenters. The third-order valence-corrected chi connectivity index (χ3v) is 5.59.